The molecule has 0 aromatic heterocycles. The average molecular weight is 253 g/mol. The van der Waals surface area contributed by atoms with Gasteiger partial charge in [-0.25, -0.2) is 0 Å². The van der Waals surface area contributed by atoms with Gasteiger partial charge in [-0.15, -0.1) is 0 Å². The zero-order valence-corrected chi connectivity index (χ0v) is 11.2. The van der Waals surface area contributed by atoms with Gasteiger partial charge in [0, 0.05) is 23.8 Å². The van der Waals surface area contributed by atoms with Crippen molar-refractivity contribution in [1.29, 1.82) is 0 Å². The minimum atomic E-state index is 0.651. The second-order valence-corrected chi connectivity index (χ2v) is 5.17. The van der Waals surface area contributed by atoms with Crippen molar-refractivity contribution in [3.63, 3.8) is 0 Å². The summed E-state index contributed by atoms with van der Waals surface area (Å²) in [6.07, 6.45) is 3.61. The van der Waals surface area contributed by atoms with Gasteiger partial charge in [-0.2, -0.15) is 0 Å². The predicted octanol–water partition coefficient (Wildman–Crippen LogP) is 3.08. The van der Waals surface area contributed by atoms with Crippen molar-refractivity contribution < 1.29 is 0 Å². The van der Waals surface area contributed by atoms with E-state index in [2.05, 4.69) is 17.9 Å². The van der Waals surface area contributed by atoms with Gasteiger partial charge in [0.2, 0.25) is 0 Å². The summed E-state index contributed by atoms with van der Waals surface area (Å²) < 4.78 is 0. The fourth-order valence-corrected chi connectivity index (χ4v) is 2.51. The Bertz CT molecular complexity index is 374. The highest BCUT2D eigenvalue weighted by molar-refractivity contribution is 6.31. The summed E-state index contributed by atoms with van der Waals surface area (Å²) in [6.45, 7) is 5.05. The van der Waals surface area contributed by atoms with Crippen molar-refractivity contribution in [2.75, 3.05) is 24.5 Å². The molecule has 0 unspecified atom stereocenters. The standard InChI is InChI=1S/C14H21ClN2/c1-2-17(10-11-6-7-11)14-5-3-4-13(15)12(14)8-9-16/h3-5,11H,2,6-10,16H2,1H3. The van der Waals surface area contributed by atoms with Crippen molar-refractivity contribution in [3.05, 3.63) is 28.8 Å². The first kappa shape index (κ1) is 12.7. The molecule has 0 saturated heterocycles. The minimum absolute atomic E-state index is 0.651. The van der Waals surface area contributed by atoms with Crippen LogP contribution in [0, 0.1) is 5.92 Å². The molecule has 1 saturated carbocycles. The lowest BCUT2D eigenvalue weighted by molar-refractivity contribution is 0.737. The molecular formula is C14H21ClN2. The smallest absolute Gasteiger partial charge is 0.0459 e. The van der Waals surface area contributed by atoms with Crippen LogP contribution in [0.1, 0.15) is 25.3 Å². The molecule has 0 spiro atoms. The van der Waals surface area contributed by atoms with E-state index in [1.165, 1.54) is 24.1 Å². The topological polar surface area (TPSA) is 29.3 Å². The van der Waals surface area contributed by atoms with E-state index in [0.29, 0.717) is 6.54 Å². The average Bonchev–Trinajstić information content (AvgIpc) is 3.13. The van der Waals surface area contributed by atoms with Crippen LogP contribution in [0.25, 0.3) is 0 Å². The molecule has 1 aliphatic rings. The van der Waals surface area contributed by atoms with Crippen molar-refractivity contribution in [1.82, 2.24) is 0 Å². The molecule has 1 aromatic rings. The van der Waals surface area contributed by atoms with Gasteiger partial charge in [-0.05, 0) is 56.3 Å². The lowest BCUT2D eigenvalue weighted by atomic mass is 10.1. The quantitative estimate of drug-likeness (QED) is 0.843. The van der Waals surface area contributed by atoms with E-state index in [1.807, 2.05) is 12.1 Å². The van der Waals surface area contributed by atoms with Gasteiger partial charge in [0.1, 0.15) is 0 Å². The highest BCUT2D eigenvalue weighted by Crippen LogP contribution is 2.34. The van der Waals surface area contributed by atoms with Crippen LogP contribution in [-0.4, -0.2) is 19.6 Å². The van der Waals surface area contributed by atoms with Gasteiger partial charge in [-0.1, -0.05) is 17.7 Å². The molecule has 0 heterocycles. The van der Waals surface area contributed by atoms with Crippen LogP contribution in [0.15, 0.2) is 18.2 Å². The van der Waals surface area contributed by atoms with E-state index < -0.39 is 0 Å². The highest BCUT2D eigenvalue weighted by atomic mass is 35.5. The summed E-state index contributed by atoms with van der Waals surface area (Å²) in [6, 6.07) is 6.16. The molecule has 1 fully saturated rings. The zero-order chi connectivity index (χ0) is 12.3. The first-order chi connectivity index (χ1) is 8.26. The Morgan fingerprint density at radius 2 is 2.18 bits per heavy atom. The van der Waals surface area contributed by atoms with Gasteiger partial charge in [0.05, 0.1) is 0 Å². The van der Waals surface area contributed by atoms with E-state index >= 15 is 0 Å². The number of anilines is 1. The van der Waals surface area contributed by atoms with Crippen LogP contribution >= 0.6 is 11.6 Å². The molecule has 94 valence electrons. The maximum atomic E-state index is 6.28. The molecule has 2 N–H and O–H groups in total. The molecule has 1 aliphatic carbocycles. The zero-order valence-electron chi connectivity index (χ0n) is 10.5. The molecular weight excluding hydrogens is 232 g/mol. The summed E-state index contributed by atoms with van der Waals surface area (Å²) in [4.78, 5) is 2.44. The second-order valence-electron chi connectivity index (χ2n) is 4.76. The van der Waals surface area contributed by atoms with Crippen LogP contribution in [0.2, 0.25) is 5.02 Å². The summed E-state index contributed by atoms with van der Waals surface area (Å²) in [5.74, 6) is 0.889. The van der Waals surface area contributed by atoms with E-state index in [1.54, 1.807) is 0 Å². The molecule has 2 nitrogen and oxygen atoms in total. The van der Waals surface area contributed by atoms with Crippen LogP contribution in [0.3, 0.4) is 0 Å². The maximum absolute atomic E-state index is 6.28. The number of nitrogens with two attached hydrogens (primary N) is 1. The Hall–Kier alpha value is -0.730. The summed E-state index contributed by atoms with van der Waals surface area (Å²) in [5.41, 5.74) is 8.16. The number of benzene rings is 1. The summed E-state index contributed by atoms with van der Waals surface area (Å²) >= 11 is 6.28. The van der Waals surface area contributed by atoms with E-state index in [-0.39, 0.29) is 0 Å². The number of hydrogen-bond acceptors (Lipinski definition) is 2. The van der Waals surface area contributed by atoms with E-state index in [4.69, 9.17) is 17.3 Å². The third kappa shape index (κ3) is 3.14. The molecule has 3 heteroatoms. The Kier molecular flexibility index (Phi) is 4.30. The summed E-state index contributed by atoms with van der Waals surface area (Å²) in [5, 5.41) is 0.849. The first-order valence-corrected chi connectivity index (χ1v) is 6.86. The van der Waals surface area contributed by atoms with Gasteiger partial charge in [-0.3, -0.25) is 0 Å². The Morgan fingerprint density at radius 3 is 2.76 bits per heavy atom. The number of hydrogen-bond donors (Lipinski definition) is 1. The number of halogens is 1. The van der Waals surface area contributed by atoms with Gasteiger partial charge in [0.25, 0.3) is 0 Å². The largest absolute Gasteiger partial charge is 0.371 e. The fourth-order valence-electron chi connectivity index (χ4n) is 2.25. The molecule has 0 bridgehead atoms. The third-order valence-corrected chi connectivity index (χ3v) is 3.74. The van der Waals surface area contributed by atoms with Gasteiger partial charge >= 0.3 is 0 Å². The Balaban J connectivity index is 2.23. The van der Waals surface area contributed by atoms with Crippen molar-refractivity contribution in [2.24, 2.45) is 11.7 Å². The second kappa shape index (κ2) is 5.74. The maximum Gasteiger partial charge on any atom is 0.0459 e. The fraction of sp³-hybridized carbons (Fsp3) is 0.571. The van der Waals surface area contributed by atoms with Crippen molar-refractivity contribution in [2.45, 2.75) is 26.2 Å². The SMILES string of the molecule is CCN(CC1CC1)c1cccc(Cl)c1CCN. The highest BCUT2D eigenvalue weighted by Gasteiger charge is 2.24. The van der Waals surface area contributed by atoms with Crippen LogP contribution in [-0.2, 0) is 6.42 Å². The molecule has 0 amide bonds. The predicted molar refractivity (Wildman–Crippen MR) is 74.8 cm³/mol. The molecule has 0 radical (unpaired) electrons. The lowest BCUT2D eigenvalue weighted by Crippen LogP contribution is -2.26. The van der Waals surface area contributed by atoms with Crippen LogP contribution in [0.5, 0.6) is 0 Å². The number of nitrogens with zero attached hydrogens (tertiary/aromatic N) is 1. The minimum Gasteiger partial charge on any atom is -0.371 e. The monoisotopic (exact) mass is 252 g/mol. The van der Waals surface area contributed by atoms with Crippen LogP contribution in [0.4, 0.5) is 5.69 Å². The van der Waals surface area contributed by atoms with Gasteiger partial charge < -0.3 is 10.6 Å². The summed E-state index contributed by atoms with van der Waals surface area (Å²) in [7, 11) is 0. The van der Waals surface area contributed by atoms with E-state index in [9.17, 15) is 0 Å². The van der Waals surface area contributed by atoms with E-state index in [0.717, 1.165) is 30.5 Å². The third-order valence-electron chi connectivity index (χ3n) is 3.39. The van der Waals surface area contributed by atoms with Gasteiger partial charge in [0.15, 0.2) is 0 Å². The Labute approximate surface area is 109 Å². The van der Waals surface area contributed by atoms with Crippen molar-refractivity contribution in [3.8, 4) is 0 Å². The molecule has 17 heavy (non-hydrogen) atoms. The molecule has 0 atom stereocenters. The van der Waals surface area contributed by atoms with Crippen molar-refractivity contribution >= 4 is 17.3 Å². The number of rotatable bonds is 6. The Morgan fingerprint density at radius 1 is 1.41 bits per heavy atom. The molecule has 1 aromatic carbocycles. The molecule has 2 rings (SSSR count). The normalized spacial score (nSPS) is 15.0. The lowest BCUT2D eigenvalue weighted by Gasteiger charge is -2.26. The first-order valence-electron chi connectivity index (χ1n) is 6.48. The molecule has 0 aliphatic heterocycles. The van der Waals surface area contributed by atoms with Crippen LogP contribution < -0.4 is 10.6 Å².